The Morgan fingerprint density at radius 3 is 2.32 bits per heavy atom. The summed E-state index contributed by atoms with van der Waals surface area (Å²) in [7, 11) is 0. The number of carbonyl (C=O) groups is 4. The smallest absolute Gasteiger partial charge is 0.347 e. The Labute approximate surface area is 215 Å². The number of benzene rings is 2. The van der Waals surface area contributed by atoms with Crippen LogP contribution in [0.4, 0.5) is 0 Å². The lowest BCUT2D eigenvalue weighted by molar-refractivity contribution is -0.152. The van der Waals surface area contributed by atoms with Crippen LogP contribution in [0.25, 0.3) is 0 Å². The summed E-state index contributed by atoms with van der Waals surface area (Å²) in [4.78, 5) is 49.8. The third-order valence-electron chi connectivity index (χ3n) is 5.76. The second-order valence-electron chi connectivity index (χ2n) is 8.57. The Balaban J connectivity index is 1.48. The molecule has 1 amide bonds. The molecule has 0 aromatic heterocycles. The molecule has 1 fully saturated rings. The molecule has 0 radical (unpaired) electrons. The number of ether oxygens (including phenoxy) is 4. The van der Waals surface area contributed by atoms with Crippen LogP contribution in [0.5, 0.6) is 11.5 Å². The molecule has 2 aromatic rings. The highest BCUT2D eigenvalue weighted by atomic mass is 16.6. The second-order valence-corrected chi connectivity index (χ2v) is 8.57. The van der Waals surface area contributed by atoms with Crippen molar-refractivity contribution in [3.05, 3.63) is 59.7 Å². The van der Waals surface area contributed by atoms with Gasteiger partial charge in [-0.25, -0.2) is 9.59 Å². The summed E-state index contributed by atoms with van der Waals surface area (Å²) in [5.41, 5.74) is 7.13. The summed E-state index contributed by atoms with van der Waals surface area (Å²) in [5, 5.41) is 0. The Kier molecular flexibility index (Phi) is 10.2. The van der Waals surface area contributed by atoms with E-state index >= 15 is 0 Å². The van der Waals surface area contributed by atoms with E-state index in [2.05, 4.69) is 0 Å². The highest BCUT2D eigenvalue weighted by molar-refractivity contribution is 5.94. The number of rotatable bonds is 10. The van der Waals surface area contributed by atoms with Gasteiger partial charge in [0, 0.05) is 20.0 Å². The van der Waals surface area contributed by atoms with Crippen molar-refractivity contribution in [2.45, 2.75) is 45.3 Å². The van der Waals surface area contributed by atoms with Crippen molar-refractivity contribution >= 4 is 23.8 Å². The molecule has 10 heteroatoms. The van der Waals surface area contributed by atoms with Crippen molar-refractivity contribution in [3.63, 3.8) is 0 Å². The van der Waals surface area contributed by atoms with Crippen molar-refractivity contribution in [3.8, 4) is 11.5 Å². The first kappa shape index (κ1) is 27.8. The molecule has 198 valence electrons. The minimum Gasteiger partial charge on any atom is -0.464 e. The number of likely N-dealkylation sites (tertiary alicyclic amines) is 1. The van der Waals surface area contributed by atoms with Crippen LogP contribution in [-0.4, -0.2) is 67.2 Å². The number of hydrogen-bond acceptors (Lipinski definition) is 9. The van der Waals surface area contributed by atoms with Gasteiger partial charge >= 0.3 is 17.9 Å². The summed E-state index contributed by atoms with van der Waals surface area (Å²) >= 11 is 0. The molecule has 1 heterocycles. The second kappa shape index (κ2) is 13.5. The maximum Gasteiger partial charge on any atom is 0.347 e. The number of esters is 3. The van der Waals surface area contributed by atoms with Gasteiger partial charge in [-0.15, -0.1) is 0 Å². The van der Waals surface area contributed by atoms with Gasteiger partial charge in [0.05, 0.1) is 18.8 Å². The number of amides is 1. The summed E-state index contributed by atoms with van der Waals surface area (Å²) in [6, 6.07) is 12.3. The molecule has 0 aliphatic carbocycles. The van der Waals surface area contributed by atoms with Crippen LogP contribution >= 0.6 is 0 Å². The van der Waals surface area contributed by atoms with Gasteiger partial charge in [0.2, 0.25) is 5.91 Å². The fraction of sp³-hybridized carbons (Fsp3) is 0.407. The molecule has 10 nitrogen and oxygen atoms in total. The largest absolute Gasteiger partial charge is 0.464 e. The third-order valence-corrected chi connectivity index (χ3v) is 5.76. The highest BCUT2D eigenvalue weighted by Gasteiger charge is 2.27. The Hall–Kier alpha value is -3.76. The van der Waals surface area contributed by atoms with Crippen LogP contribution in [0.3, 0.4) is 0 Å². The van der Waals surface area contributed by atoms with Gasteiger partial charge in [-0.05, 0) is 56.0 Å². The Morgan fingerprint density at radius 2 is 1.68 bits per heavy atom. The fourth-order valence-electron chi connectivity index (χ4n) is 3.94. The lowest BCUT2D eigenvalue weighted by atomic mass is 10.0. The van der Waals surface area contributed by atoms with Gasteiger partial charge in [-0.2, -0.15) is 0 Å². The first-order valence-corrected chi connectivity index (χ1v) is 12.2. The van der Waals surface area contributed by atoms with Gasteiger partial charge in [0.15, 0.2) is 0 Å². The van der Waals surface area contributed by atoms with E-state index in [0.29, 0.717) is 44.7 Å². The van der Waals surface area contributed by atoms with Gasteiger partial charge < -0.3 is 29.6 Å². The normalized spacial score (nSPS) is 14.5. The van der Waals surface area contributed by atoms with Crippen LogP contribution in [-0.2, 0) is 30.3 Å². The monoisotopic (exact) mass is 512 g/mol. The SMILES string of the molecule is CCOC(=O)COC1CCN(C(=O)C(N)Cc2ccc(OC(=O)c3ccccc3OC(C)=O)cc2)CC1. The molecule has 1 aliphatic heterocycles. The van der Waals surface area contributed by atoms with Crippen LogP contribution in [0.15, 0.2) is 48.5 Å². The van der Waals surface area contributed by atoms with Crippen molar-refractivity contribution in [1.82, 2.24) is 4.90 Å². The summed E-state index contributed by atoms with van der Waals surface area (Å²) in [5.74, 6) is -1.32. The predicted molar refractivity (Wildman–Crippen MR) is 133 cm³/mol. The zero-order valence-electron chi connectivity index (χ0n) is 21.0. The molecule has 1 unspecified atom stereocenters. The molecule has 2 N–H and O–H groups in total. The topological polar surface area (TPSA) is 134 Å². The zero-order valence-corrected chi connectivity index (χ0v) is 21.0. The van der Waals surface area contributed by atoms with Gasteiger partial charge in [-0.1, -0.05) is 24.3 Å². The van der Waals surface area contributed by atoms with Gasteiger partial charge in [-0.3, -0.25) is 9.59 Å². The lowest BCUT2D eigenvalue weighted by Crippen LogP contribution is -2.49. The molecule has 0 saturated carbocycles. The molecule has 1 aliphatic rings. The average molecular weight is 513 g/mol. The summed E-state index contributed by atoms with van der Waals surface area (Å²) in [6.45, 7) is 4.22. The predicted octanol–water partition coefficient (Wildman–Crippen LogP) is 2.27. The molecule has 2 aromatic carbocycles. The van der Waals surface area contributed by atoms with Crippen molar-refractivity contribution in [2.75, 3.05) is 26.3 Å². The lowest BCUT2D eigenvalue weighted by Gasteiger charge is -2.33. The van der Waals surface area contributed by atoms with E-state index in [1.54, 1.807) is 48.2 Å². The minimum atomic E-state index is -0.721. The van der Waals surface area contributed by atoms with E-state index in [1.165, 1.54) is 19.1 Å². The zero-order chi connectivity index (χ0) is 26.8. The Bertz CT molecular complexity index is 1090. The molecular weight excluding hydrogens is 480 g/mol. The van der Waals surface area contributed by atoms with Crippen LogP contribution < -0.4 is 15.2 Å². The molecular formula is C27H32N2O8. The standard InChI is InChI=1S/C27H32N2O8/c1-3-34-25(31)17-35-20-12-14-29(15-13-20)26(32)23(28)16-19-8-10-21(11-9-19)37-27(33)22-6-4-5-7-24(22)36-18(2)30/h4-11,20,23H,3,12-17,28H2,1-2H3. The fourth-order valence-corrected chi connectivity index (χ4v) is 3.94. The van der Waals surface area contributed by atoms with E-state index in [-0.39, 0.29) is 29.9 Å². The van der Waals surface area contributed by atoms with E-state index < -0.39 is 23.9 Å². The van der Waals surface area contributed by atoms with E-state index in [0.717, 1.165) is 5.56 Å². The molecule has 0 spiro atoms. The maximum absolute atomic E-state index is 12.8. The van der Waals surface area contributed by atoms with E-state index in [9.17, 15) is 19.2 Å². The number of nitrogens with two attached hydrogens (primary N) is 1. The molecule has 37 heavy (non-hydrogen) atoms. The summed E-state index contributed by atoms with van der Waals surface area (Å²) in [6.07, 6.45) is 1.47. The molecule has 1 saturated heterocycles. The van der Waals surface area contributed by atoms with Gasteiger partial charge in [0.1, 0.15) is 23.7 Å². The third kappa shape index (κ3) is 8.40. The van der Waals surface area contributed by atoms with Crippen LogP contribution in [0.2, 0.25) is 0 Å². The number of piperidine rings is 1. The highest BCUT2D eigenvalue weighted by Crippen LogP contribution is 2.22. The molecule has 3 rings (SSSR count). The van der Waals surface area contributed by atoms with Crippen LogP contribution in [0, 0.1) is 0 Å². The van der Waals surface area contributed by atoms with Gasteiger partial charge in [0.25, 0.3) is 0 Å². The Morgan fingerprint density at radius 1 is 1.00 bits per heavy atom. The van der Waals surface area contributed by atoms with E-state index in [1.807, 2.05) is 0 Å². The number of para-hydroxylation sites is 1. The molecule has 0 bridgehead atoms. The average Bonchev–Trinajstić information content (AvgIpc) is 2.88. The van der Waals surface area contributed by atoms with E-state index in [4.69, 9.17) is 24.7 Å². The number of hydrogen-bond donors (Lipinski definition) is 1. The first-order chi connectivity index (χ1) is 17.8. The minimum absolute atomic E-state index is 0.0873. The first-order valence-electron chi connectivity index (χ1n) is 12.2. The molecule has 1 atom stereocenters. The number of carbonyl (C=O) groups excluding carboxylic acids is 4. The van der Waals surface area contributed by atoms with Crippen molar-refractivity contribution in [2.24, 2.45) is 5.73 Å². The number of nitrogens with zero attached hydrogens (tertiary/aromatic N) is 1. The van der Waals surface area contributed by atoms with Crippen LogP contribution in [0.1, 0.15) is 42.6 Å². The quantitative estimate of drug-likeness (QED) is 0.376. The van der Waals surface area contributed by atoms with Crippen molar-refractivity contribution < 1.29 is 38.1 Å². The summed E-state index contributed by atoms with van der Waals surface area (Å²) < 4.78 is 20.9. The van der Waals surface area contributed by atoms with Crippen molar-refractivity contribution in [1.29, 1.82) is 0 Å². The maximum atomic E-state index is 12.8.